The number of aromatic nitrogens is 5. The average molecular weight is 354 g/mol. The van der Waals surface area contributed by atoms with E-state index < -0.39 is 5.97 Å². The third-order valence-electron chi connectivity index (χ3n) is 4.43. The Morgan fingerprint density at radius 2 is 1.88 bits per heavy atom. The highest BCUT2D eigenvalue weighted by Crippen LogP contribution is 2.17. The third-order valence-corrected chi connectivity index (χ3v) is 4.43. The number of aryl methyl sites for hydroxylation is 2. The molecular formula is C17H18N6O3. The number of amides is 1. The predicted molar refractivity (Wildman–Crippen MR) is 90.8 cm³/mol. The summed E-state index contributed by atoms with van der Waals surface area (Å²) in [4.78, 5) is 30.7. The van der Waals surface area contributed by atoms with E-state index in [0.29, 0.717) is 31.0 Å². The van der Waals surface area contributed by atoms with Gasteiger partial charge in [0.2, 0.25) is 0 Å². The van der Waals surface area contributed by atoms with E-state index in [-0.39, 0.29) is 11.6 Å². The highest BCUT2D eigenvalue weighted by molar-refractivity contribution is 5.93. The molecule has 0 saturated heterocycles. The second-order valence-corrected chi connectivity index (χ2v) is 6.30. The minimum absolute atomic E-state index is 0.151. The fourth-order valence-corrected chi connectivity index (χ4v) is 3.16. The lowest BCUT2D eigenvalue weighted by Crippen LogP contribution is -2.38. The van der Waals surface area contributed by atoms with Crippen LogP contribution < -0.4 is 0 Å². The van der Waals surface area contributed by atoms with Crippen molar-refractivity contribution in [2.24, 2.45) is 0 Å². The van der Waals surface area contributed by atoms with Gasteiger partial charge in [0.25, 0.3) is 5.91 Å². The monoisotopic (exact) mass is 354 g/mol. The largest absolute Gasteiger partial charge is 0.464 e. The number of carbonyl (C=O) groups is 2. The van der Waals surface area contributed by atoms with E-state index in [9.17, 15) is 9.59 Å². The first-order valence-corrected chi connectivity index (χ1v) is 8.24. The van der Waals surface area contributed by atoms with Gasteiger partial charge in [-0.3, -0.25) is 9.48 Å². The highest BCUT2D eigenvalue weighted by Gasteiger charge is 2.26. The molecule has 4 heterocycles. The van der Waals surface area contributed by atoms with Gasteiger partial charge in [-0.2, -0.15) is 10.2 Å². The number of hydrogen-bond donors (Lipinski definition) is 0. The van der Waals surface area contributed by atoms with Crippen LogP contribution in [0, 0.1) is 13.8 Å². The molecule has 3 aromatic heterocycles. The van der Waals surface area contributed by atoms with Crippen molar-refractivity contribution < 1.29 is 14.3 Å². The molecule has 0 bridgehead atoms. The van der Waals surface area contributed by atoms with Gasteiger partial charge in [-0.1, -0.05) is 0 Å². The Kier molecular flexibility index (Phi) is 3.71. The maximum absolute atomic E-state index is 12.9. The summed E-state index contributed by atoms with van der Waals surface area (Å²) in [5.41, 5.74) is 3.78. The molecule has 0 N–H and O–H groups in total. The number of methoxy groups -OCH3 is 1. The first-order valence-electron chi connectivity index (χ1n) is 8.24. The van der Waals surface area contributed by atoms with Crippen molar-refractivity contribution in [2.75, 3.05) is 13.7 Å². The number of nitrogens with zero attached hydrogens (tertiary/aromatic N) is 6. The summed E-state index contributed by atoms with van der Waals surface area (Å²) in [7, 11) is 1.32. The van der Waals surface area contributed by atoms with Crippen molar-refractivity contribution in [1.29, 1.82) is 0 Å². The highest BCUT2D eigenvalue weighted by atomic mass is 16.5. The Morgan fingerprint density at radius 1 is 1.08 bits per heavy atom. The van der Waals surface area contributed by atoms with Crippen LogP contribution in [0.25, 0.3) is 5.65 Å². The zero-order chi connectivity index (χ0) is 18.4. The molecule has 1 amide bonds. The molecule has 3 aromatic rings. The van der Waals surface area contributed by atoms with Gasteiger partial charge in [-0.25, -0.2) is 14.3 Å². The molecule has 1 aliphatic rings. The standard InChI is InChI=1S/C17H18N6O3/c1-10-6-15-18-13(7-11(2)23(15)19-10)16(24)21-4-5-22-12(9-21)8-14(20-22)17(25)26-3/h6-8H,4-5,9H2,1-3H3. The Hall–Kier alpha value is -3.23. The van der Waals surface area contributed by atoms with Crippen LogP contribution in [0.15, 0.2) is 18.2 Å². The van der Waals surface area contributed by atoms with Crippen LogP contribution in [0.4, 0.5) is 0 Å². The van der Waals surface area contributed by atoms with Crippen LogP contribution >= 0.6 is 0 Å². The van der Waals surface area contributed by atoms with Gasteiger partial charge in [0.15, 0.2) is 11.3 Å². The number of rotatable bonds is 2. The number of ether oxygens (including phenoxy) is 1. The van der Waals surface area contributed by atoms with Gasteiger partial charge in [-0.15, -0.1) is 0 Å². The number of hydrogen-bond acceptors (Lipinski definition) is 6. The van der Waals surface area contributed by atoms with Crippen molar-refractivity contribution in [3.63, 3.8) is 0 Å². The van der Waals surface area contributed by atoms with Crippen molar-refractivity contribution in [2.45, 2.75) is 26.9 Å². The summed E-state index contributed by atoms with van der Waals surface area (Å²) < 4.78 is 8.16. The van der Waals surface area contributed by atoms with Crippen LogP contribution in [0.2, 0.25) is 0 Å². The van der Waals surface area contributed by atoms with Crippen LogP contribution in [0.5, 0.6) is 0 Å². The summed E-state index contributed by atoms with van der Waals surface area (Å²) in [5, 5.41) is 8.58. The first kappa shape index (κ1) is 16.2. The first-order chi connectivity index (χ1) is 12.5. The number of fused-ring (bicyclic) bond motifs is 2. The molecule has 1 aliphatic heterocycles. The lowest BCUT2D eigenvalue weighted by molar-refractivity contribution is 0.0591. The normalized spacial score (nSPS) is 13.7. The molecule has 0 atom stereocenters. The van der Waals surface area contributed by atoms with Crippen molar-refractivity contribution in [3.8, 4) is 0 Å². The summed E-state index contributed by atoms with van der Waals surface area (Å²) in [6.07, 6.45) is 0. The van der Waals surface area contributed by atoms with E-state index in [0.717, 1.165) is 17.1 Å². The summed E-state index contributed by atoms with van der Waals surface area (Å²) >= 11 is 0. The van der Waals surface area contributed by atoms with Gasteiger partial charge < -0.3 is 9.64 Å². The Morgan fingerprint density at radius 3 is 2.65 bits per heavy atom. The molecule has 0 unspecified atom stereocenters. The Balaban J connectivity index is 1.61. The number of carbonyl (C=O) groups excluding carboxylic acids is 2. The van der Waals surface area contributed by atoms with Crippen LogP contribution in [0.1, 0.15) is 38.1 Å². The van der Waals surface area contributed by atoms with Crippen molar-refractivity contribution in [3.05, 3.63) is 46.7 Å². The average Bonchev–Trinajstić information content (AvgIpc) is 3.22. The van der Waals surface area contributed by atoms with Crippen molar-refractivity contribution in [1.82, 2.24) is 29.3 Å². The zero-order valence-electron chi connectivity index (χ0n) is 14.8. The molecule has 9 nitrogen and oxygen atoms in total. The molecule has 0 aromatic carbocycles. The Labute approximate surface area is 149 Å². The molecule has 4 rings (SSSR count). The lowest BCUT2D eigenvalue weighted by Gasteiger charge is -2.27. The van der Waals surface area contributed by atoms with Gasteiger partial charge >= 0.3 is 5.97 Å². The Bertz CT molecular complexity index is 1030. The minimum Gasteiger partial charge on any atom is -0.464 e. The van der Waals surface area contributed by atoms with E-state index in [1.807, 2.05) is 19.9 Å². The fraction of sp³-hybridized carbons (Fsp3) is 0.353. The van der Waals surface area contributed by atoms with Crippen LogP contribution in [-0.2, 0) is 17.8 Å². The van der Waals surface area contributed by atoms with E-state index >= 15 is 0 Å². The fourth-order valence-electron chi connectivity index (χ4n) is 3.16. The van der Waals surface area contributed by atoms with E-state index in [4.69, 9.17) is 4.74 Å². The topological polar surface area (TPSA) is 94.6 Å². The zero-order valence-corrected chi connectivity index (χ0v) is 14.8. The second kappa shape index (κ2) is 5.94. The maximum Gasteiger partial charge on any atom is 0.358 e. The summed E-state index contributed by atoms with van der Waals surface area (Å²) in [6, 6.07) is 5.25. The second-order valence-electron chi connectivity index (χ2n) is 6.30. The minimum atomic E-state index is -0.483. The molecule has 0 radical (unpaired) electrons. The summed E-state index contributed by atoms with van der Waals surface area (Å²) in [5.74, 6) is -0.634. The molecule has 0 fully saturated rings. The van der Waals surface area contributed by atoms with E-state index in [2.05, 4.69) is 15.2 Å². The van der Waals surface area contributed by atoms with Crippen LogP contribution in [0.3, 0.4) is 0 Å². The molecule has 0 aliphatic carbocycles. The van der Waals surface area contributed by atoms with Crippen LogP contribution in [-0.4, -0.2) is 54.8 Å². The number of esters is 1. The molecule has 26 heavy (non-hydrogen) atoms. The third kappa shape index (κ3) is 2.61. The molecule has 134 valence electrons. The molecule has 9 heteroatoms. The predicted octanol–water partition coefficient (Wildman–Crippen LogP) is 0.985. The van der Waals surface area contributed by atoms with E-state index in [1.165, 1.54) is 7.11 Å². The summed E-state index contributed by atoms with van der Waals surface area (Å²) in [6.45, 7) is 5.17. The lowest BCUT2D eigenvalue weighted by atomic mass is 10.2. The van der Waals surface area contributed by atoms with Gasteiger partial charge in [0.1, 0.15) is 5.69 Å². The van der Waals surface area contributed by atoms with Gasteiger partial charge in [-0.05, 0) is 26.0 Å². The SMILES string of the molecule is COC(=O)c1cc2n(n1)CCN(C(=O)c1cc(C)n3nc(C)cc3n1)C2. The van der Waals surface area contributed by atoms with Gasteiger partial charge in [0, 0.05) is 18.3 Å². The smallest absolute Gasteiger partial charge is 0.358 e. The molecule has 0 saturated carbocycles. The van der Waals surface area contributed by atoms with Gasteiger partial charge in [0.05, 0.1) is 31.6 Å². The quantitative estimate of drug-likeness (QED) is 0.637. The van der Waals surface area contributed by atoms with E-state index in [1.54, 1.807) is 26.2 Å². The maximum atomic E-state index is 12.9. The van der Waals surface area contributed by atoms with Crippen molar-refractivity contribution >= 4 is 17.5 Å². The molecule has 0 spiro atoms. The molecular weight excluding hydrogens is 336 g/mol.